The second-order valence-corrected chi connectivity index (χ2v) is 7.91. The molecule has 1 saturated heterocycles. The van der Waals surface area contributed by atoms with Gasteiger partial charge in [-0.3, -0.25) is 10.1 Å². The lowest BCUT2D eigenvalue weighted by Crippen LogP contribution is -2.24. The van der Waals surface area contributed by atoms with Crippen LogP contribution < -0.4 is 4.80 Å². The Morgan fingerprint density at radius 1 is 1.34 bits per heavy atom. The molecule has 0 saturated carbocycles. The summed E-state index contributed by atoms with van der Waals surface area (Å²) in [5.41, 5.74) is 2.00. The highest BCUT2D eigenvalue weighted by Crippen LogP contribution is 2.27. The molecule has 2 heterocycles. The molecule has 3 aromatic rings. The van der Waals surface area contributed by atoms with Crippen LogP contribution in [0.15, 0.2) is 52.8 Å². The first-order chi connectivity index (χ1) is 14.0. The van der Waals surface area contributed by atoms with Crippen molar-refractivity contribution < 1.29 is 14.1 Å². The molecule has 1 aliphatic rings. The van der Waals surface area contributed by atoms with Crippen LogP contribution in [0, 0.1) is 15.9 Å². The Hall–Kier alpha value is -2.55. The number of ether oxygens (including phenoxy) is 1. The monoisotopic (exact) mass is 433 g/mol. The van der Waals surface area contributed by atoms with Crippen LogP contribution in [-0.2, 0) is 11.3 Å². The summed E-state index contributed by atoms with van der Waals surface area (Å²) in [5, 5.41) is 13.1. The number of non-ortho nitro benzene ring substituents is 1. The molecule has 1 atom stereocenters. The quantitative estimate of drug-likeness (QED) is 0.403. The van der Waals surface area contributed by atoms with E-state index >= 15 is 0 Å². The summed E-state index contributed by atoms with van der Waals surface area (Å²) in [6.45, 7) is 1.28. The van der Waals surface area contributed by atoms with Gasteiger partial charge in [0.05, 0.1) is 34.0 Å². The normalized spacial score (nSPS) is 17.0. The van der Waals surface area contributed by atoms with Gasteiger partial charge >= 0.3 is 0 Å². The van der Waals surface area contributed by atoms with E-state index in [2.05, 4.69) is 4.99 Å². The lowest BCUT2D eigenvalue weighted by molar-refractivity contribution is -0.384. The van der Waals surface area contributed by atoms with E-state index in [1.165, 1.54) is 29.5 Å². The molecule has 150 valence electrons. The first kappa shape index (κ1) is 19.8. The van der Waals surface area contributed by atoms with Crippen LogP contribution in [0.3, 0.4) is 0 Å². The molecule has 29 heavy (non-hydrogen) atoms. The minimum Gasteiger partial charge on any atom is -0.376 e. The number of thiazole rings is 1. The number of hydrogen-bond donors (Lipinski definition) is 0. The molecule has 4 rings (SSSR count). The number of nitro benzene ring substituents is 1. The number of halogens is 2. The third-order valence-corrected chi connectivity index (χ3v) is 5.86. The Morgan fingerprint density at radius 3 is 2.93 bits per heavy atom. The van der Waals surface area contributed by atoms with E-state index in [-0.39, 0.29) is 16.8 Å². The molecule has 2 aromatic carbocycles. The van der Waals surface area contributed by atoms with Gasteiger partial charge in [0, 0.05) is 35.7 Å². The summed E-state index contributed by atoms with van der Waals surface area (Å²) < 4.78 is 21.6. The third-order valence-electron chi connectivity index (χ3n) is 4.69. The van der Waals surface area contributed by atoms with Crippen molar-refractivity contribution in [1.29, 1.82) is 0 Å². The van der Waals surface area contributed by atoms with Crippen LogP contribution in [0.1, 0.15) is 12.8 Å². The van der Waals surface area contributed by atoms with Crippen molar-refractivity contribution in [3.05, 3.63) is 73.6 Å². The minimum atomic E-state index is -0.533. The molecule has 0 bridgehead atoms. The van der Waals surface area contributed by atoms with Gasteiger partial charge < -0.3 is 9.30 Å². The summed E-state index contributed by atoms with van der Waals surface area (Å²) in [6, 6.07) is 10.9. The molecule has 1 aromatic heterocycles. The highest BCUT2D eigenvalue weighted by Gasteiger charge is 2.20. The Labute approximate surface area is 175 Å². The average molecular weight is 434 g/mol. The lowest BCUT2D eigenvalue weighted by Gasteiger charge is -2.14. The van der Waals surface area contributed by atoms with Crippen LogP contribution >= 0.6 is 22.9 Å². The van der Waals surface area contributed by atoms with E-state index in [4.69, 9.17) is 16.3 Å². The van der Waals surface area contributed by atoms with Crippen molar-refractivity contribution in [1.82, 2.24) is 4.57 Å². The Morgan fingerprint density at radius 2 is 2.21 bits per heavy atom. The van der Waals surface area contributed by atoms with Crippen molar-refractivity contribution >= 4 is 34.3 Å². The first-order valence-electron chi connectivity index (χ1n) is 9.06. The van der Waals surface area contributed by atoms with Crippen LogP contribution in [0.4, 0.5) is 15.8 Å². The minimum absolute atomic E-state index is 0.0237. The van der Waals surface area contributed by atoms with E-state index in [1.807, 2.05) is 16.0 Å². The maximum atomic E-state index is 13.8. The SMILES string of the molecule is O=[N+]([O-])c1cccc(-c2csc(=Nc3ccc(Cl)c(F)c3)n2CC2CCCO2)c1. The van der Waals surface area contributed by atoms with Gasteiger partial charge in [-0.25, -0.2) is 9.38 Å². The zero-order valence-corrected chi connectivity index (χ0v) is 16.8. The Balaban J connectivity index is 1.81. The predicted molar refractivity (Wildman–Crippen MR) is 110 cm³/mol. The predicted octanol–water partition coefficient (Wildman–Crippen LogP) is 5.33. The average Bonchev–Trinajstić information content (AvgIpc) is 3.36. The molecule has 1 unspecified atom stereocenters. The van der Waals surface area contributed by atoms with E-state index < -0.39 is 10.7 Å². The molecule has 9 heteroatoms. The Bertz CT molecular complexity index is 1120. The van der Waals surface area contributed by atoms with Gasteiger partial charge in [-0.1, -0.05) is 23.7 Å². The second-order valence-electron chi connectivity index (χ2n) is 6.67. The number of hydrogen-bond acceptors (Lipinski definition) is 5. The van der Waals surface area contributed by atoms with E-state index in [1.54, 1.807) is 18.2 Å². The van der Waals surface area contributed by atoms with E-state index in [9.17, 15) is 14.5 Å². The van der Waals surface area contributed by atoms with Crippen molar-refractivity contribution in [3.63, 3.8) is 0 Å². The smallest absolute Gasteiger partial charge is 0.270 e. The van der Waals surface area contributed by atoms with Gasteiger partial charge in [0.1, 0.15) is 5.82 Å². The molecular formula is C20H17ClFN3O3S. The summed E-state index contributed by atoms with van der Waals surface area (Å²) in [5.74, 6) is -0.533. The largest absolute Gasteiger partial charge is 0.376 e. The molecule has 0 aliphatic carbocycles. The highest BCUT2D eigenvalue weighted by molar-refractivity contribution is 7.07. The standard InChI is InChI=1S/C20H17ClFN3O3S/c21-17-7-6-14(10-18(17)22)23-20-24(11-16-5-2-8-28-16)19(12-29-20)13-3-1-4-15(9-13)25(26)27/h1,3-4,6-7,9-10,12,16H,2,5,8,11H2. The molecule has 0 N–H and O–H groups in total. The fourth-order valence-electron chi connectivity index (χ4n) is 3.26. The fraction of sp³-hybridized carbons (Fsp3) is 0.250. The van der Waals surface area contributed by atoms with Crippen molar-refractivity contribution in [3.8, 4) is 11.3 Å². The van der Waals surface area contributed by atoms with Crippen LogP contribution in [0.5, 0.6) is 0 Å². The molecular weight excluding hydrogens is 417 g/mol. The van der Waals surface area contributed by atoms with E-state index in [0.29, 0.717) is 17.0 Å². The van der Waals surface area contributed by atoms with Crippen LogP contribution in [-0.4, -0.2) is 22.2 Å². The number of aromatic nitrogens is 1. The molecule has 1 aliphatic heterocycles. The van der Waals surface area contributed by atoms with Crippen molar-refractivity contribution in [2.24, 2.45) is 4.99 Å². The lowest BCUT2D eigenvalue weighted by atomic mass is 10.1. The van der Waals surface area contributed by atoms with Gasteiger partial charge in [-0.15, -0.1) is 11.3 Å². The molecule has 1 fully saturated rings. The fourth-order valence-corrected chi connectivity index (χ4v) is 4.32. The molecule has 0 spiro atoms. The number of nitro groups is 1. The van der Waals surface area contributed by atoms with Gasteiger partial charge in [0.15, 0.2) is 4.80 Å². The Kier molecular flexibility index (Phi) is 5.75. The summed E-state index contributed by atoms with van der Waals surface area (Å²) in [7, 11) is 0. The second kappa shape index (κ2) is 8.44. The maximum absolute atomic E-state index is 13.8. The summed E-state index contributed by atoms with van der Waals surface area (Å²) >= 11 is 7.15. The molecule has 0 amide bonds. The topological polar surface area (TPSA) is 69.7 Å². The van der Waals surface area contributed by atoms with Gasteiger partial charge in [-0.2, -0.15) is 0 Å². The van der Waals surface area contributed by atoms with Gasteiger partial charge in [-0.05, 0) is 25.0 Å². The first-order valence-corrected chi connectivity index (χ1v) is 10.3. The number of rotatable bonds is 5. The summed E-state index contributed by atoms with van der Waals surface area (Å²) in [4.78, 5) is 16.0. The zero-order chi connectivity index (χ0) is 20.4. The van der Waals surface area contributed by atoms with E-state index in [0.717, 1.165) is 30.7 Å². The van der Waals surface area contributed by atoms with Crippen LogP contribution in [0.2, 0.25) is 5.02 Å². The number of benzene rings is 2. The maximum Gasteiger partial charge on any atom is 0.270 e. The van der Waals surface area contributed by atoms with Gasteiger partial charge in [0.25, 0.3) is 5.69 Å². The molecule has 6 nitrogen and oxygen atoms in total. The van der Waals surface area contributed by atoms with Crippen LogP contribution in [0.25, 0.3) is 11.3 Å². The summed E-state index contributed by atoms with van der Waals surface area (Å²) in [6.07, 6.45) is 1.98. The zero-order valence-electron chi connectivity index (χ0n) is 15.3. The highest BCUT2D eigenvalue weighted by atomic mass is 35.5. The third kappa shape index (κ3) is 4.39. The number of nitrogens with zero attached hydrogens (tertiary/aromatic N) is 3. The van der Waals surface area contributed by atoms with Gasteiger partial charge in [0.2, 0.25) is 0 Å². The van der Waals surface area contributed by atoms with Crippen molar-refractivity contribution in [2.45, 2.75) is 25.5 Å². The molecule has 0 radical (unpaired) electrons. The van der Waals surface area contributed by atoms with Crippen molar-refractivity contribution in [2.75, 3.05) is 6.61 Å².